The molecule has 0 radical (unpaired) electrons. The van der Waals surface area contributed by atoms with Crippen molar-refractivity contribution < 1.29 is 37.3 Å². The second-order valence-electron chi connectivity index (χ2n) is 14.5. The smallest absolute Gasteiger partial charge is 0.418 e. The van der Waals surface area contributed by atoms with Crippen molar-refractivity contribution in [3.8, 4) is 28.4 Å². The number of halogens is 3. The number of ether oxygens (including phenoxy) is 2. The molecule has 0 spiro atoms. The first-order valence-electron chi connectivity index (χ1n) is 19.1. The lowest BCUT2D eigenvalue weighted by molar-refractivity contribution is -0.137. The molecule has 3 N–H and O–H groups in total. The Labute approximate surface area is 324 Å². The largest absolute Gasteiger partial charge is 0.497 e. The lowest BCUT2D eigenvalue weighted by Gasteiger charge is -2.34. The average molecular weight is 785 g/mol. The van der Waals surface area contributed by atoms with Crippen LogP contribution >= 0.6 is 0 Å². The van der Waals surface area contributed by atoms with E-state index in [0.717, 1.165) is 62.9 Å². The highest BCUT2D eigenvalue weighted by atomic mass is 19.4. The molecule has 2 amide bonds. The zero-order chi connectivity index (χ0) is 40.0. The molecule has 1 aromatic heterocycles. The normalized spacial score (nSPS) is 17.6. The number of aromatic nitrogens is 2. The van der Waals surface area contributed by atoms with Crippen LogP contribution in [0.25, 0.3) is 16.9 Å². The van der Waals surface area contributed by atoms with Crippen LogP contribution in [-0.4, -0.2) is 135 Å². The van der Waals surface area contributed by atoms with Crippen LogP contribution in [0.2, 0.25) is 0 Å². The van der Waals surface area contributed by atoms with Gasteiger partial charge in [-0.3, -0.25) is 14.4 Å². The maximum absolute atomic E-state index is 14.6. The number of rotatable bonds is 15. The van der Waals surface area contributed by atoms with Crippen LogP contribution in [0.5, 0.6) is 11.5 Å². The third-order valence-corrected chi connectivity index (χ3v) is 10.6. The molecule has 0 saturated carbocycles. The van der Waals surface area contributed by atoms with Gasteiger partial charge in [-0.25, -0.2) is 0 Å². The fourth-order valence-electron chi connectivity index (χ4n) is 7.64. The number of carbonyl (C=O) groups is 2. The van der Waals surface area contributed by atoms with Crippen molar-refractivity contribution in [1.82, 2.24) is 30.2 Å². The minimum atomic E-state index is -4.82. The molecule has 56 heavy (non-hydrogen) atoms. The number of aliphatic hydroxyl groups excluding tert-OH is 1. The molecular weight excluding hydrogens is 733 g/mol. The Balaban J connectivity index is 1.22. The van der Waals surface area contributed by atoms with E-state index in [4.69, 9.17) is 9.47 Å². The van der Waals surface area contributed by atoms with Gasteiger partial charge in [0.25, 0.3) is 5.56 Å². The van der Waals surface area contributed by atoms with Gasteiger partial charge in [-0.15, -0.1) is 0 Å². The highest BCUT2D eigenvalue weighted by Gasteiger charge is 2.37. The summed E-state index contributed by atoms with van der Waals surface area (Å²) in [5.74, 6) is 0.522. The summed E-state index contributed by atoms with van der Waals surface area (Å²) in [5, 5.41) is 20.6. The Kier molecular flexibility index (Phi) is 13.1. The van der Waals surface area contributed by atoms with Crippen LogP contribution in [0.1, 0.15) is 37.3 Å². The zero-order valence-electron chi connectivity index (χ0n) is 32.2. The van der Waals surface area contributed by atoms with Gasteiger partial charge in [0, 0.05) is 88.7 Å². The maximum atomic E-state index is 14.6. The fraction of sp³-hybridized carbons (Fsp3) is 0.538. The van der Waals surface area contributed by atoms with Crippen molar-refractivity contribution in [2.24, 2.45) is 0 Å². The molecule has 6 rings (SSSR count). The fourth-order valence-corrected chi connectivity index (χ4v) is 7.64. The van der Waals surface area contributed by atoms with E-state index in [1.807, 2.05) is 0 Å². The Bertz CT molecular complexity index is 1910. The first-order chi connectivity index (χ1) is 26.8. The summed E-state index contributed by atoms with van der Waals surface area (Å²) < 4.78 is 55.6. The number of carbonyl (C=O) groups excluding carboxylic acids is 2. The number of benzene rings is 2. The Morgan fingerprint density at radius 2 is 1.55 bits per heavy atom. The van der Waals surface area contributed by atoms with E-state index in [1.165, 1.54) is 33.3 Å². The summed E-state index contributed by atoms with van der Waals surface area (Å²) >= 11 is 0. The number of piperazine rings is 1. The lowest BCUT2D eigenvalue weighted by atomic mass is 10.0. The van der Waals surface area contributed by atoms with E-state index in [9.17, 15) is 32.7 Å². The van der Waals surface area contributed by atoms with Crippen molar-refractivity contribution in [3.05, 3.63) is 57.9 Å². The van der Waals surface area contributed by atoms with Crippen LogP contribution in [0.4, 0.5) is 24.5 Å². The molecule has 1 atom stereocenters. The molecule has 3 aliphatic rings. The summed E-state index contributed by atoms with van der Waals surface area (Å²) in [4.78, 5) is 47.0. The SMILES string of the molecule is COc1cc(OC)cc(-c2nn(-c3cc(N4CC[C@H](O)C4)ccc3C(F)(F)F)c(=O)c3c2CCN3CC(=O)NCCCN2CCN(CCCNC(C)=O)CC2)c1. The number of fused-ring (bicyclic) bond motifs is 1. The number of methoxy groups -OCH3 is 2. The van der Waals surface area contributed by atoms with E-state index < -0.39 is 29.1 Å². The molecule has 14 nitrogen and oxygen atoms in total. The van der Waals surface area contributed by atoms with Gasteiger partial charge in [0.05, 0.1) is 43.8 Å². The van der Waals surface area contributed by atoms with Crippen molar-refractivity contribution in [1.29, 1.82) is 0 Å². The number of anilines is 2. The first-order valence-corrected chi connectivity index (χ1v) is 19.1. The van der Waals surface area contributed by atoms with Gasteiger partial charge in [0.1, 0.15) is 17.2 Å². The summed E-state index contributed by atoms with van der Waals surface area (Å²) in [7, 11) is 2.96. The van der Waals surface area contributed by atoms with Gasteiger partial charge in [0.15, 0.2) is 0 Å². The number of nitrogens with zero attached hydrogens (tertiary/aromatic N) is 6. The Morgan fingerprint density at radius 1 is 0.911 bits per heavy atom. The van der Waals surface area contributed by atoms with Gasteiger partial charge in [0.2, 0.25) is 11.8 Å². The molecule has 3 aliphatic heterocycles. The maximum Gasteiger partial charge on any atom is 0.418 e. The van der Waals surface area contributed by atoms with E-state index in [-0.39, 0.29) is 42.8 Å². The number of amides is 2. The third-order valence-electron chi connectivity index (χ3n) is 10.6. The number of β-amino-alcohol motifs (C(OH)–C–C–N with tert-alkyl or cyclic N) is 1. The second-order valence-corrected chi connectivity index (χ2v) is 14.5. The molecule has 304 valence electrons. The highest BCUT2D eigenvalue weighted by Crippen LogP contribution is 2.39. The monoisotopic (exact) mass is 784 g/mol. The van der Waals surface area contributed by atoms with E-state index >= 15 is 0 Å². The number of hydrogen-bond acceptors (Lipinski definition) is 11. The van der Waals surface area contributed by atoms with Crippen LogP contribution in [-0.2, 0) is 22.2 Å². The molecule has 0 bridgehead atoms. The molecule has 4 heterocycles. The van der Waals surface area contributed by atoms with Gasteiger partial charge in [-0.1, -0.05) is 0 Å². The highest BCUT2D eigenvalue weighted by molar-refractivity contribution is 5.84. The predicted octanol–water partition coefficient (Wildman–Crippen LogP) is 2.52. The summed E-state index contributed by atoms with van der Waals surface area (Å²) in [6.07, 6.45) is -3.01. The Morgan fingerprint density at radius 3 is 2.12 bits per heavy atom. The van der Waals surface area contributed by atoms with Crippen molar-refractivity contribution in [2.45, 2.75) is 44.9 Å². The van der Waals surface area contributed by atoms with E-state index in [1.54, 1.807) is 28.0 Å². The van der Waals surface area contributed by atoms with Gasteiger partial charge in [-0.2, -0.15) is 23.0 Å². The minimum absolute atomic E-state index is 0.0201. The molecule has 17 heteroatoms. The summed E-state index contributed by atoms with van der Waals surface area (Å²) in [5.41, 5.74) is -0.508. The van der Waals surface area contributed by atoms with Crippen molar-refractivity contribution in [3.63, 3.8) is 0 Å². The van der Waals surface area contributed by atoms with Crippen LogP contribution in [0, 0.1) is 0 Å². The minimum Gasteiger partial charge on any atom is -0.497 e. The number of nitrogens with one attached hydrogen (secondary N) is 2. The van der Waals surface area contributed by atoms with Crippen LogP contribution in [0.15, 0.2) is 41.2 Å². The summed E-state index contributed by atoms with van der Waals surface area (Å²) in [6, 6.07) is 8.58. The van der Waals surface area contributed by atoms with Gasteiger partial charge < -0.3 is 44.8 Å². The number of aliphatic hydroxyl groups is 1. The molecule has 0 aliphatic carbocycles. The standard InChI is InChI=1S/C39H51F3N8O6/c1-26(51)43-10-4-12-46-16-18-47(19-17-46)13-5-11-44-35(53)25-49-15-9-32-36(27-20-30(55-2)23-31(21-27)56-3)45-50(38(54)37(32)49)34-22-28(48-14-8-29(52)24-48)6-7-33(34)39(40,41)42/h6-7,20-23,29,52H,4-5,8-19,24-25H2,1-3H3,(H,43,51)(H,44,53)/t29-/m0/s1. The van der Waals surface area contributed by atoms with Gasteiger partial charge in [-0.05, 0) is 69.1 Å². The van der Waals surface area contributed by atoms with Gasteiger partial charge >= 0.3 is 6.18 Å². The molecule has 2 fully saturated rings. The van der Waals surface area contributed by atoms with E-state index in [2.05, 4.69) is 25.5 Å². The Hall–Kier alpha value is -4.87. The molecule has 2 saturated heterocycles. The van der Waals surface area contributed by atoms with Crippen molar-refractivity contribution in [2.75, 3.05) is 103 Å². The number of hydrogen-bond donors (Lipinski definition) is 3. The third kappa shape index (κ3) is 9.73. The van der Waals surface area contributed by atoms with Crippen molar-refractivity contribution >= 4 is 23.2 Å². The second kappa shape index (κ2) is 17.9. The molecular formula is C39H51F3N8O6. The molecule has 3 aromatic rings. The van der Waals surface area contributed by atoms with Crippen LogP contribution < -0.4 is 35.5 Å². The first kappa shape index (κ1) is 40.8. The molecule has 2 aromatic carbocycles. The topological polar surface area (TPSA) is 145 Å². The predicted molar refractivity (Wildman–Crippen MR) is 206 cm³/mol. The lowest BCUT2D eigenvalue weighted by Crippen LogP contribution is -2.47. The van der Waals surface area contributed by atoms with E-state index in [0.29, 0.717) is 60.8 Å². The summed E-state index contributed by atoms with van der Waals surface area (Å²) in [6.45, 7) is 8.87. The average Bonchev–Trinajstić information content (AvgIpc) is 3.81. The number of alkyl halides is 3. The quantitative estimate of drug-likeness (QED) is 0.196. The van der Waals surface area contributed by atoms with Crippen LogP contribution in [0.3, 0.4) is 0 Å². The molecule has 0 unspecified atom stereocenters. The zero-order valence-corrected chi connectivity index (χ0v) is 32.2.